The Morgan fingerprint density at radius 2 is 0.838 bits per heavy atom. The molecular weight excluding hydrogens is 959 g/mol. The molecule has 0 nitrogen and oxygen atoms in total. The van der Waals surface area contributed by atoms with E-state index in [4.69, 9.17) is 0 Å². The molecule has 8 aromatic rings. The number of aryl methyl sites for hydroxylation is 2. The molecule has 8 aromatic carbocycles. The molecule has 337 valence electrons. The molecule has 0 saturated heterocycles. The summed E-state index contributed by atoms with van der Waals surface area (Å²) in [6.45, 7) is 18.6. The molecule has 2 unspecified atom stereocenters. The standard InChI is InChI=1S/2C26H25.C12H9Si.2ClH.Zr/c2*1-18-10-8-9-13-22(18)25-23-17-21(19-11-6-5-7-12-19)16-20(23)14-15-24(25)26(2,3)4;1-3-7-11-9(5-1)10-6-2-4-8-12(10)13-11;;;/h2*5-17H,1-4H3;1-7H,13H2;2*1H;/q;;;;;+2/p-2. The summed E-state index contributed by atoms with van der Waals surface area (Å²) < 4.78 is 0.625. The number of halogens is 2. The molecule has 0 aromatic heterocycles. The SMILES string of the molecule is Cc1ccccc1-c1c(C(C)(C)C)ccc2c1C=C(c1ccccc1)[CH]2[Zr]([Cl])([Cl])([c]1cccc2c1[SiH2]c1ccccc1-2)[CH]1C(c2ccccc2)=Cc2c1ccc(C(C)(C)C)c2-c1ccccc1C. The van der Waals surface area contributed by atoms with E-state index < -0.39 is 25.9 Å². The van der Waals surface area contributed by atoms with Crippen LogP contribution in [0.25, 0.3) is 56.7 Å². The van der Waals surface area contributed by atoms with Gasteiger partial charge in [0.2, 0.25) is 0 Å². The Kier molecular flexibility index (Phi) is 11.0. The first-order chi connectivity index (χ1) is 32.5. The van der Waals surface area contributed by atoms with Gasteiger partial charge in [0.05, 0.1) is 0 Å². The number of allylic oxidation sites excluding steroid dienone is 2. The molecule has 3 aliphatic rings. The van der Waals surface area contributed by atoms with Crippen molar-refractivity contribution in [3.05, 3.63) is 232 Å². The van der Waals surface area contributed by atoms with Crippen molar-refractivity contribution in [3.8, 4) is 33.4 Å². The second-order valence-corrected chi connectivity index (χ2v) is 44.2. The summed E-state index contributed by atoms with van der Waals surface area (Å²) >= 11 is -6.07. The second kappa shape index (κ2) is 16.5. The van der Waals surface area contributed by atoms with Crippen molar-refractivity contribution in [1.29, 1.82) is 0 Å². The number of benzene rings is 8. The quantitative estimate of drug-likeness (QED) is 0.140. The van der Waals surface area contributed by atoms with Crippen LogP contribution in [0.4, 0.5) is 0 Å². The van der Waals surface area contributed by atoms with Gasteiger partial charge in [-0.05, 0) is 0 Å². The van der Waals surface area contributed by atoms with Crippen molar-refractivity contribution in [2.45, 2.75) is 73.5 Å². The van der Waals surface area contributed by atoms with Crippen molar-refractivity contribution in [2.24, 2.45) is 0 Å². The third kappa shape index (κ3) is 7.07. The molecule has 0 N–H and O–H groups in total. The van der Waals surface area contributed by atoms with E-state index >= 15 is 0 Å². The van der Waals surface area contributed by atoms with Gasteiger partial charge in [0.1, 0.15) is 0 Å². The molecule has 4 heteroatoms. The Balaban J connectivity index is 1.32. The Morgan fingerprint density at radius 1 is 0.426 bits per heavy atom. The van der Waals surface area contributed by atoms with Crippen molar-refractivity contribution >= 4 is 63.5 Å². The first-order valence-corrected chi connectivity index (χ1v) is 36.2. The van der Waals surface area contributed by atoms with E-state index in [1.54, 1.807) is 0 Å². The zero-order chi connectivity index (χ0) is 47.4. The van der Waals surface area contributed by atoms with Crippen molar-refractivity contribution in [3.63, 3.8) is 0 Å². The molecule has 0 spiro atoms. The summed E-state index contributed by atoms with van der Waals surface area (Å²) in [5.41, 5.74) is 22.4. The van der Waals surface area contributed by atoms with E-state index in [2.05, 4.69) is 243 Å². The van der Waals surface area contributed by atoms with E-state index in [9.17, 15) is 17.0 Å². The van der Waals surface area contributed by atoms with Crippen LogP contribution in [0, 0.1) is 13.8 Å². The summed E-state index contributed by atoms with van der Waals surface area (Å²) in [5.74, 6) is 0. The first kappa shape index (κ1) is 45.4. The molecule has 0 amide bonds. The topological polar surface area (TPSA) is 0 Å². The minimum atomic E-state index is -6.07. The van der Waals surface area contributed by atoms with E-state index in [-0.39, 0.29) is 18.1 Å². The van der Waals surface area contributed by atoms with Gasteiger partial charge in [-0.15, -0.1) is 0 Å². The maximum atomic E-state index is 9.74. The molecular formula is C64H59Cl2SiZr. The molecule has 2 aliphatic carbocycles. The van der Waals surface area contributed by atoms with E-state index in [1.807, 2.05) is 0 Å². The molecule has 0 radical (unpaired) electrons. The van der Waals surface area contributed by atoms with Gasteiger partial charge in [-0.25, -0.2) is 0 Å². The Morgan fingerprint density at radius 3 is 1.29 bits per heavy atom. The molecule has 11 rings (SSSR count). The van der Waals surface area contributed by atoms with Crippen LogP contribution < -0.4 is 13.6 Å². The number of fused-ring (bicyclic) bond motifs is 5. The fraction of sp³-hybridized carbons (Fsp3) is 0.188. The molecule has 0 fully saturated rings. The third-order valence-corrected chi connectivity index (χ3v) is 38.0. The Hall–Kier alpha value is -5.08. The average Bonchev–Trinajstić information content (AvgIpc) is 4.05. The van der Waals surface area contributed by atoms with Gasteiger partial charge in [0.15, 0.2) is 0 Å². The number of rotatable bonds is 7. The van der Waals surface area contributed by atoms with Crippen molar-refractivity contribution in [2.75, 3.05) is 0 Å². The molecule has 2 atom stereocenters. The molecule has 68 heavy (non-hydrogen) atoms. The molecule has 1 aliphatic heterocycles. The maximum absolute atomic E-state index is 9.74. The second-order valence-electron chi connectivity index (χ2n) is 21.7. The minimum absolute atomic E-state index is 0.132. The average molecular weight is 1020 g/mol. The molecule has 0 bridgehead atoms. The van der Waals surface area contributed by atoms with Crippen LogP contribution in [-0.4, -0.2) is 9.52 Å². The summed E-state index contributed by atoms with van der Waals surface area (Å²) in [6, 6.07) is 65.7. The third-order valence-electron chi connectivity index (χ3n) is 15.5. The van der Waals surface area contributed by atoms with E-state index in [1.165, 1.54) is 114 Å². The first-order valence-electron chi connectivity index (χ1n) is 24.3. The monoisotopic (exact) mass is 1020 g/mol. The van der Waals surface area contributed by atoms with Crippen LogP contribution in [-0.2, 0) is 27.2 Å². The summed E-state index contributed by atoms with van der Waals surface area (Å²) in [4.78, 5) is 0. The number of hydrogen-bond acceptors (Lipinski definition) is 0. The summed E-state index contributed by atoms with van der Waals surface area (Å²) in [7, 11) is 18.5. The van der Waals surface area contributed by atoms with Gasteiger partial charge in [-0.2, -0.15) is 0 Å². The van der Waals surface area contributed by atoms with Crippen LogP contribution in [0.1, 0.15) is 104 Å². The van der Waals surface area contributed by atoms with Crippen molar-refractivity contribution < 1.29 is 16.4 Å². The zero-order valence-electron chi connectivity index (χ0n) is 40.5. The van der Waals surface area contributed by atoms with Crippen LogP contribution in [0.3, 0.4) is 0 Å². The van der Waals surface area contributed by atoms with Gasteiger partial charge >= 0.3 is 418 Å². The normalized spacial score (nSPS) is 17.2. The predicted molar refractivity (Wildman–Crippen MR) is 296 cm³/mol. The van der Waals surface area contributed by atoms with Gasteiger partial charge in [-0.3, -0.25) is 0 Å². The Labute approximate surface area is 414 Å². The van der Waals surface area contributed by atoms with E-state index in [0.717, 1.165) is 0 Å². The van der Waals surface area contributed by atoms with Gasteiger partial charge in [0, 0.05) is 0 Å². The number of hydrogen-bond donors (Lipinski definition) is 0. The summed E-state index contributed by atoms with van der Waals surface area (Å²) in [5, 5.41) is 2.88. The van der Waals surface area contributed by atoms with Crippen LogP contribution >= 0.6 is 17.0 Å². The van der Waals surface area contributed by atoms with E-state index in [0.29, 0.717) is 0 Å². The summed E-state index contributed by atoms with van der Waals surface area (Å²) in [6.07, 6.45) is 5.03. The molecule has 0 saturated carbocycles. The molecule has 1 heterocycles. The fourth-order valence-electron chi connectivity index (χ4n) is 12.4. The van der Waals surface area contributed by atoms with Gasteiger partial charge in [0.25, 0.3) is 0 Å². The van der Waals surface area contributed by atoms with Crippen LogP contribution in [0.5, 0.6) is 0 Å². The van der Waals surface area contributed by atoms with Crippen LogP contribution in [0.15, 0.2) is 176 Å². The van der Waals surface area contributed by atoms with Gasteiger partial charge < -0.3 is 0 Å². The van der Waals surface area contributed by atoms with Crippen LogP contribution in [0.2, 0.25) is 0 Å². The zero-order valence-corrected chi connectivity index (χ0v) is 45.9. The van der Waals surface area contributed by atoms with Gasteiger partial charge in [-0.1, -0.05) is 0 Å². The van der Waals surface area contributed by atoms with Crippen molar-refractivity contribution in [1.82, 2.24) is 0 Å². The predicted octanol–water partition coefficient (Wildman–Crippen LogP) is 15.5. The Bertz CT molecular complexity index is 3220. The fourth-order valence-corrected chi connectivity index (χ4v) is 39.4.